The third-order valence-electron chi connectivity index (χ3n) is 2.53. The van der Waals surface area contributed by atoms with E-state index in [1.807, 2.05) is 13.0 Å². The molecule has 0 saturated carbocycles. The third kappa shape index (κ3) is 5.25. The molecule has 0 spiro atoms. The molecule has 0 bridgehead atoms. The highest BCUT2D eigenvalue weighted by molar-refractivity contribution is 14.1. The number of carbonyl (C=O) groups excluding carboxylic acids is 1. The second kappa shape index (κ2) is 7.93. The van der Waals surface area contributed by atoms with Gasteiger partial charge in [0.2, 0.25) is 0 Å². The van der Waals surface area contributed by atoms with Crippen LogP contribution in [0.25, 0.3) is 0 Å². The van der Waals surface area contributed by atoms with Crippen molar-refractivity contribution in [3.8, 4) is 0 Å². The van der Waals surface area contributed by atoms with Gasteiger partial charge < -0.3 is 5.32 Å². The highest BCUT2D eigenvalue weighted by Gasteiger charge is 2.06. The number of unbranched alkanes of at least 4 members (excludes halogenated alkanes) is 2. The summed E-state index contributed by atoms with van der Waals surface area (Å²) in [4.78, 5) is 11.8. The molecule has 0 fully saturated rings. The van der Waals surface area contributed by atoms with Gasteiger partial charge >= 0.3 is 0 Å². The first-order chi connectivity index (χ1) is 8.15. The predicted molar refractivity (Wildman–Crippen MR) is 81.3 cm³/mol. The smallest absolute Gasteiger partial charge is 0.251 e. The van der Waals surface area contributed by atoms with E-state index in [9.17, 15) is 4.79 Å². The minimum Gasteiger partial charge on any atom is -0.352 e. The summed E-state index contributed by atoms with van der Waals surface area (Å²) in [6.45, 7) is 2.66. The molecule has 1 amide bonds. The van der Waals surface area contributed by atoms with Crippen LogP contribution in [0.4, 0.5) is 0 Å². The Labute approximate surface area is 121 Å². The molecule has 0 atom stereocenters. The summed E-state index contributed by atoms with van der Waals surface area (Å²) in [5.41, 5.74) is 1.62. The Kier molecular flexibility index (Phi) is 6.89. The van der Waals surface area contributed by atoms with E-state index in [4.69, 9.17) is 11.6 Å². The number of amides is 1. The standard InChI is InChI=1S/C13H17ClINO/c1-10-5-6-11(9-12(10)14)13(17)16-8-4-2-3-7-15/h5-6,9H,2-4,7-8H2,1H3,(H,16,17). The topological polar surface area (TPSA) is 29.1 Å². The highest BCUT2D eigenvalue weighted by Crippen LogP contribution is 2.16. The Morgan fingerprint density at radius 3 is 2.76 bits per heavy atom. The summed E-state index contributed by atoms with van der Waals surface area (Å²) in [5, 5.41) is 3.55. The molecular weight excluding hydrogens is 349 g/mol. The van der Waals surface area contributed by atoms with Crippen LogP contribution in [-0.4, -0.2) is 16.9 Å². The van der Waals surface area contributed by atoms with Crippen LogP contribution in [0.1, 0.15) is 35.2 Å². The Hall–Kier alpha value is -0.290. The maximum atomic E-state index is 11.8. The Bertz CT molecular complexity index is 382. The predicted octanol–water partition coefficient (Wildman–Crippen LogP) is 3.98. The summed E-state index contributed by atoms with van der Waals surface area (Å²) < 4.78 is 1.18. The van der Waals surface area contributed by atoms with Crippen LogP contribution in [0, 0.1) is 6.92 Å². The van der Waals surface area contributed by atoms with Crippen LogP contribution in [0.3, 0.4) is 0 Å². The molecule has 0 aliphatic rings. The lowest BCUT2D eigenvalue weighted by molar-refractivity contribution is 0.0953. The first kappa shape index (κ1) is 14.8. The zero-order valence-electron chi connectivity index (χ0n) is 9.93. The first-order valence-corrected chi connectivity index (χ1v) is 7.66. The summed E-state index contributed by atoms with van der Waals surface area (Å²) in [6, 6.07) is 5.39. The molecule has 1 aromatic rings. The molecular formula is C13H17ClINO. The van der Waals surface area contributed by atoms with Crippen molar-refractivity contribution in [1.82, 2.24) is 5.32 Å². The number of nitrogens with one attached hydrogen (secondary N) is 1. The molecule has 1 N–H and O–H groups in total. The lowest BCUT2D eigenvalue weighted by atomic mass is 10.1. The van der Waals surface area contributed by atoms with Crippen molar-refractivity contribution in [2.45, 2.75) is 26.2 Å². The van der Waals surface area contributed by atoms with Crippen LogP contribution in [0.15, 0.2) is 18.2 Å². The zero-order chi connectivity index (χ0) is 12.7. The number of hydrogen-bond donors (Lipinski definition) is 1. The number of benzene rings is 1. The van der Waals surface area contributed by atoms with Crippen LogP contribution < -0.4 is 5.32 Å². The van der Waals surface area contributed by atoms with E-state index in [2.05, 4.69) is 27.9 Å². The van der Waals surface area contributed by atoms with Gasteiger partial charge in [-0.3, -0.25) is 4.79 Å². The fourth-order valence-electron chi connectivity index (χ4n) is 1.43. The molecule has 0 heterocycles. The van der Waals surface area contributed by atoms with Gasteiger partial charge in [0.15, 0.2) is 0 Å². The van der Waals surface area contributed by atoms with Crippen LogP contribution in [-0.2, 0) is 0 Å². The van der Waals surface area contributed by atoms with Crippen LogP contribution >= 0.6 is 34.2 Å². The molecule has 17 heavy (non-hydrogen) atoms. The molecule has 0 saturated heterocycles. The monoisotopic (exact) mass is 365 g/mol. The number of aryl methyl sites for hydroxylation is 1. The Morgan fingerprint density at radius 2 is 2.12 bits per heavy atom. The summed E-state index contributed by atoms with van der Waals surface area (Å²) >= 11 is 8.35. The van der Waals surface area contributed by atoms with Crippen molar-refractivity contribution in [2.24, 2.45) is 0 Å². The molecule has 94 valence electrons. The number of carbonyl (C=O) groups is 1. The number of halogens is 2. The minimum absolute atomic E-state index is 0.0404. The Morgan fingerprint density at radius 1 is 1.35 bits per heavy atom. The van der Waals surface area contributed by atoms with E-state index >= 15 is 0 Å². The lowest BCUT2D eigenvalue weighted by Crippen LogP contribution is -2.24. The fraction of sp³-hybridized carbons (Fsp3) is 0.462. The van der Waals surface area contributed by atoms with Gasteiger partial charge in [0.05, 0.1) is 0 Å². The average Bonchev–Trinajstić information content (AvgIpc) is 2.32. The average molecular weight is 366 g/mol. The summed E-state index contributed by atoms with van der Waals surface area (Å²) in [7, 11) is 0. The molecule has 0 aromatic heterocycles. The van der Waals surface area contributed by atoms with Gasteiger partial charge in [0, 0.05) is 17.1 Å². The van der Waals surface area contributed by atoms with Crippen molar-refractivity contribution in [2.75, 3.05) is 11.0 Å². The van der Waals surface area contributed by atoms with E-state index < -0.39 is 0 Å². The van der Waals surface area contributed by atoms with E-state index in [1.54, 1.807) is 12.1 Å². The van der Waals surface area contributed by atoms with Gasteiger partial charge in [-0.15, -0.1) is 0 Å². The van der Waals surface area contributed by atoms with Gasteiger partial charge in [-0.25, -0.2) is 0 Å². The van der Waals surface area contributed by atoms with Crippen molar-refractivity contribution in [3.05, 3.63) is 34.3 Å². The van der Waals surface area contributed by atoms with Gasteiger partial charge in [0.1, 0.15) is 0 Å². The van der Waals surface area contributed by atoms with E-state index in [0.29, 0.717) is 10.6 Å². The van der Waals surface area contributed by atoms with Crippen molar-refractivity contribution in [1.29, 1.82) is 0 Å². The Balaban J connectivity index is 2.39. The second-order valence-electron chi connectivity index (χ2n) is 3.97. The fourth-order valence-corrected chi connectivity index (χ4v) is 2.15. The number of hydrogen-bond acceptors (Lipinski definition) is 1. The zero-order valence-corrected chi connectivity index (χ0v) is 12.8. The normalized spacial score (nSPS) is 10.3. The molecule has 2 nitrogen and oxygen atoms in total. The molecule has 0 unspecified atom stereocenters. The SMILES string of the molecule is Cc1ccc(C(=O)NCCCCCI)cc1Cl. The van der Waals surface area contributed by atoms with Crippen LogP contribution in [0.2, 0.25) is 5.02 Å². The molecule has 0 radical (unpaired) electrons. The molecule has 0 aliphatic carbocycles. The maximum Gasteiger partial charge on any atom is 0.251 e. The van der Waals surface area contributed by atoms with Gasteiger partial charge in [0.25, 0.3) is 5.91 Å². The summed E-state index contributed by atoms with van der Waals surface area (Å²) in [6.07, 6.45) is 3.42. The van der Waals surface area contributed by atoms with Gasteiger partial charge in [-0.1, -0.05) is 46.7 Å². The lowest BCUT2D eigenvalue weighted by Gasteiger charge is -2.06. The maximum absolute atomic E-state index is 11.8. The minimum atomic E-state index is -0.0404. The van der Waals surface area contributed by atoms with Gasteiger partial charge in [-0.05, 0) is 41.9 Å². The van der Waals surface area contributed by atoms with Crippen molar-refractivity contribution < 1.29 is 4.79 Å². The van der Waals surface area contributed by atoms with E-state index in [-0.39, 0.29) is 5.91 Å². The van der Waals surface area contributed by atoms with Gasteiger partial charge in [-0.2, -0.15) is 0 Å². The highest BCUT2D eigenvalue weighted by atomic mass is 127. The quantitative estimate of drug-likeness (QED) is 0.461. The second-order valence-corrected chi connectivity index (χ2v) is 5.46. The molecule has 4 heteroatoms. The largest absolute Gasteiger partial charge is 0.352 e. The molecule has 1 aromatic carbocycles. The summed E-state index contributed by atoms with van der Waals surface area (Å²) in [5.74, 6) is -0.0404. The number of rotatable bonds is 6. The van der Waals surface area contributed by atoms with Crippen molar-refractivity contribution in [3.63, 3.8) is 0 Å². The van der Waals surface area contributed by atoms with E-state index in [1.165, 1.54) is 10.8 Å². The molecule has 1 rings (SSSR count). The molecule has 0 aliphatic heterocycles. The number of alkyl halides is 1. The van der Waals surface area contributed by atoms with E-state index in [0.717, 1.165) is 24.9 Å². The third-order valence-corrected chi connectivity index (χ3v) is 3.70. The van der Waals surface area contributed by atoms with Crippen molar-refractivity contribution >= 4 is 40.1 Å². The van der Waals surface area contributed by atoms with Crippen LogP contribution in [0.5, 0.6) is 0 Å². The first-order valence-electron chi connectivity index (χ1n) is 5.75.